The Morgan fingerprint density at radius 3 is 3.10 bits per heavy atom. The number of carboxylic acid groups (broad SMARTS) is 1. The van der Waals surface area contributed by atoms with Gasteiger partial charge in [0.05, 0.1) is 0 Å². The van der Waals surface area contributed by atoms with Gasteiger partial charge >= 0.3 is 5.97 Å². The van der Waals surface area contributed by atoms with E-state index in [1.807, 2.05) is 0 Å². The number of fused-ring (bicyclic) bond motifs is 2. The van der Waals surface area contributed by atoms with Crippen LogP contribution >= 0.6 is 11.3 Å². The molecule has 0 aliphatic carbocycles. The first kappa shape index (κ1) is 12.3. The Balaban J connectivity index is 1.93. The van der Waals surface area contributed by atoms with Crippen LogP contribution in [0.1, 0.15) is 16.1 Å². The first-order valence-corrected chi connectivity index (χ1v) is 7.28. The molecule has 0 spiro atoms. The Labute approximate surface area is 122 Å². The van der Waals surface area contributed by atoms with Gasteiger partial charge in [0.15, 0.2) is 16.5 Å². The molecule has 5 nitrogen and oxygen atoms in total. The Bertz CT molecular complexity index is 870. The highest BCUT2D eigenvalue weighted by molar-refractivity contribution is 7.15. The van der Waals surface area contributed by atoms with Crippen LogP contribution < -0.4 is 4.90 Å². The second kappa shape index (κ2) is 4.29. The predicted molar refractivity (Wildman–Crippen MR) is 77.1 cm³/mol. The highest BCUT2D eigenvalue weighted by atomic mass is 32.1. The van der Waals surface area contributed by atoms with Crippen LogP contribution in [0.5, 0.6) is 0 Å². The van der Waals surface area contributed by atoms with Crippen LogP contribution in [0.25, 0.3) is 4.96 Å². The molecule has 3 heterocycles. The lowest BCUT2D eigenvalue weighted by Gasteiger charge is -2.17. The van der Waals surface area contributed by atoms with Crippen LogP contribution in [-0.2, 0) is 6.42 Å². The normalized spacial score (nSPS) is 13.9. The molecule has 2 aromatic heterocycles. The van der Waals surface area contributed by atoms with Crippen molar-refractivity contribution in [1.29, 1.82) is 0 Å². The third-order valence-electron chi connectivity index (χ3n) is 3.64. The van der Waals surface area contributed by atoms with E-state index in [1.54, 1.807) is 26.9 Å². The number of hydrogen-bond donors (Lipinski definition) is 1. The summed E-state index contributed by atoms with van der Waals surface area (Å²) in [4.78, 5) is 18.4. The third kappa shape index (κ3) is 1.74. The van der Waals surface area contributed by atoms with Gasteiger partial charge in [-0.3, -0.25) is 4.40 Å². The number of rotatable bonds is 2. The van der Waals surface area contributed by atoms with Crippen molar-refractivity contribution in [2.24, 2.45) is 0 Å². The molecule has 1 aliphatic heterocycles. The standard InChI is InChI=1S/C14H10FN3O2S/c15-9-2-1-8-3-4-17(10(8)7-9)12-11(13(19)20)18-5-6-21-14(18)16-12/h1-2,5-7H,3-4H2,(H,19,20). The van der Waals surface area contributed by atoms with Gasteiger partial charge in [-0.15, -0.1) is 11.3 Å². The number of benzene rings is 1. The number of hydrogen-bond acceptors (Lipinski definition) is 4. The molecule has 0 amide bonds. The molecule has 0 saturated carbocycles. The lowest BCUT2D eigenvalue weighted by molar-refractivity contribution is 0.0690. The minimum Gasteiger partial charge on any atom is -0.476 e. The average Bonchev–Trinajstić information content (AvgIpc) is 3.08. The number of carbonyl (C=O) groups is 1. The van der Waals surface area contributed by atoms with Gasteiger partial charge in [-0.1, -0.05) is 6.07 Å². The van der Waals surface area contributed by atoms with E-state index in [1.165, 1.54) is 23.5 Å². The maximum Gasteiger partial charge on any atom is 0.356 e. The van der Waals surface area contributed by atoms with Crippen molar-refractivity contribution in [3.8, 4) is 0 Å². The van der Waals surface area contributed by atoms with Crippen LogP contribution in [0, 0.1) is 5.82 Å². The second-order valence-corrected chi connectivity index (χ2v) is 5.69. The van der Waals surface area contributed by atoms with E-state index in [-0.39, 0.29) is 11.5 Å². The van der Waals surface area contributed by atoms with Gasteiger partial charge < -0.3 is 10.0 Å². The van der Waals surface area contributed by atoms with Crippen molar-refractivity contribution in [3.63, 3.8) is 0 Å². The number of nitrogens with zero attached hydrogens (tertiary/aromatic N) is 3. The minimum atomic E-state index is -1.04. The maximum absolute atomic E-state index is 13.5. The minimum absolute atomic E-state index is 0.114. The zero-order valence-corrected chi connectivity index (χ0v) is 11.6. The molecule has 21 heavy (non-hydrogen) atoms. The summed E-state index contributed by atoms with van der Waals surface area (Å²) in [6.07, 6.45) is 2.43. The van der Waals surface area contributed by atoms with E-state index in [0.29, 0.717) is 23.0 Å². The molecule has 4 rings (SSSR count). The predicted octanol–water partition coefficient (Wildman–Crippen LogP) is 2.93. The molecule has 0 unspecified atom stereocenters. The van der Waals surface area contributed by atoms with Crippen LogP contribution in [-0.4, -0.2) is 27.0 Å². The molecule has 1 aromatic carbocycles. The second-order valence-electron chi connectivity index (χ2n) is 4.82. The van der Waals surface area contributed by atoms with Crippen LogP contribution in [0.2, 0.25) is 0 Å². The monoisotopic (exact) mass is 303 g/mol. The summed E-state index contributed by atoms with van der Waals surface area (Å²) in [7, 11) is 0. The molecule has 1 aliphatic rings. The molecule has 106 valence electrons. The van der Waals surface area contributed by atoms with E-state index < -0.39 is 5.97 Å². The Kier molecular flexibility index (Phi) is 2.52. The highest BCUT2D eigenvalue weighted by Crippen LogP contribution is 2.37. The van der Waals surface area contributed by atoms with Crippen molar-refractivity contribution in [2.75, 3.05) is 11.4 Å². The van der Waals surface area contributed by atoms with E-state index in [9.17, 15) is 14.3 Å². The first-order chi connectivity index (χ1) is 10.1. The van der Waals surface area contributed by atoms with Gasteiger partial charge in [-0.05, 0) is 24.1 Å². The molecule has 0 fully saturated rings. The summed E-state index contributed by atoms with van der Waals surface area (Å²) in [5.74, 6) is -1.00. The van der Waals surface area contributed by atoms with Gasteiger partial charge in [0.1, 0.15) is 5.82 Å². The third-order valence-corrected chi connectivity index (χ3v) is 4.40. The van der Waals surface area contributed by atoms with Crippen LogP contribution in [0.3, 0.4) is 0 Å². The number of thiazole rings is 1. The van der Waals surface area contributed by atoms with Gasteiger partial charge in [-0.2, -0.15) is 0 Å². The van der Waals surface area contributed by atoms with E-state index in [0.717, 1.165) is 12.0 Å². The summed E-state index contributed by atoms with van der Waals surface area (Å²) < 4.78 is 15.0. The van der Waals surface area contributed by atoms with Gasteiger partial charge in [0.2, 0.25) is 0 Å². The fourth-order valence-electron chi connectivity index (χ4n) is 2.73. The lowest BCUT2D eigenvalue weighted by Crippen LogP contribution is -2.17. The van der Waals surface area contributed by atoms with Crippen LogP contribution in [0.4, 0.5) is 15.9 Å². The lowest BCUT2D eigenvalue weighted by atomic mass is 10.2. The SMILES string of the molecule is O=C(O)c1c(N2CCc3ccc(F)cc32)nc2sccn12. The first-order valence-electron chi connectivity index (χ1n) is 6.40. The topological polar surface area (TPSA) is 57.8 Å². The average molecular weight is 303 g/mol. The molecular weight excluding hydrogens is 293 g/mol. The van der Waals surface area contributed by atoms with Crippen molar-refractivity contribution in [2.45, 2.75) is 6.42 Å². The number of imidazole rings is 1. The molecule has 0 saturated heterocycles. The van der Waals surface area contributed by atoms with Crippen molar-refractivity contribution in [3.05, 3.63) is 46.9 Å². The van der Waals surface area contributed by atoms with E-state index in [2.05, 4.69) is 4.98 Å². The molecule has 1 N–H and O–H groups in total. The Morgan fingerprint density at radius 2 is 2.29 bits per heavy atom. The largest absolute Gasteiger partial charge is 0.476 e. The quantitative estimate of drug-likeness (QED) is 0.791. The smallest absolute Gasteiger partial charge is 0.356 e. The fraction of sp³-hybridized carbons (Fsp3) is 0.143. The molecule has 0 bridgehead atoms. The summed E-state index contributed by atoms with van der Waals surface area (Å²) in [5, 5.41) is 11.3. The summed E-state index contributed by atoms with van der Waals surface area (Å²) in [6.45, 7) is 0.601. The van der Waals surface area contributed by atoms with E-state index in [4.69, 9.17) is 0 Å². The van der Waals surface area contributed by atoms with Crippen LogP contribution in [0.15, 0.2) is 29.8 Å². The molecule has 0 radical (unpaired) electrons. The number of anilines is 2. The van der Waals surface area contributed by atoms with Gasteiger partial charge in [0.25, 0.3) is 0 Å². The highest BCUT2D eigenvalue weighted by Gasteiger charge is 2.29. The Morgan fingerprint density at radius 1 is 1.43 bits per heavy atom. The zero-order chi connectivity index (χ0) is 14.6. The Hall–Kier alpha value is -2.41. The van der Waals surface area contributed by atoms with Gasteiger partial charge in [-0.25, -0.2) is 14.2 Å². The summed E-state index contributed by atoms with van der Waals surface area (Å²) >= 11 is 1.37. The zero-order valence-electron chi connectivity index (χ0n) is 10.8. The number of aromatic carboxylic acids is 1. The summed E-state index contributed by atoms with van der Waals surface area (Å²) in [5.41, 5.74) is 1.82. The number of aromatic nitrogens is 2. The van der Waals surface area contributed by atoms with Gasteiger partial charge in [0, 0.05) is 23.8 Å². The maximum atomic E-state index is 13.5. The number of carboxylic acids is 1. The van der Waals surface area contributed by atoms with E-state index >= 15 is 0 Å². The fourth-order valence-corrected chi connectivity index (χ4v) is 3.44. The molecule has 7 heteroatoms. The number of halogens is 1. The van der Waals surface area contributed by atoms with Crippen molar-refractivity contribution >= 4 is 33.8 Å². The molecule has 3 aromatic rings. The molecular formula is C14H10FN3O2S. The van der Waals surface area contributed by atoms with Crippen molar-refractivity contribution in [1.82, 2.24) is 9.38 Å². The molecule has 0 atom stereocenters. The summed E-state index contributed by atoms with van der Waals surface area (Å²) in [6, 6.07) is 4.59. The van der Waals surface area contributed by atoms with Crippen molar-refractivity contribution < 1.29 is 14.3 Å².